The SMILES string of the molecule is CCOc1ccc(C(=O)C2CC3CCCC(C2)N3Cc2ccccc2)cc1. The van der Waals surface area contributed by atoms with Crippen LogP contribution in [0, 0.1) is 5.92 Å². The maximum absolute atomic E-state index is 13.1. The molecule has 2 aromatic rings. The summed E-state index contributed by atoms with van der Waals surface area (Å²) in [6, 6.07) is 19.5. The molecule has 2 fully saturated rings. The average Bonchev–Trinajstić information content (AvgIpc) is 2.69. The molecule has 27 heavy (non-hydrogen) atoms. The fourth-order valence-corrected chi connectivity index (χ4v) is 4.86. The molecule has 2 heterocycles. The van der Waals surface area contributed by atoms with Crippen LogP contribution in [0.15, 0.2) is 54.6 Å². The molecule has 2 bridgehead atoms. The van der Waals surface area contributed by atoms with Gasteiger partial charge in [0.1, 0.15) is 5.75 Å². The number of ketones is 1. The highest BCUT2D eigenvalue weighted by Gasteiger charge is 2.40. The molecule has 4 rings (SSSR count). The van der Waals surface area contributed by atoms with Crippen molar-refractivity contribution < 1.29 is 9.53 Å². The van der Waals surface area contributed by atoms with Gasteiger partial charge < -0.3 is 4.74 Å². The summed E-state index contributed by atoms with van der Waals surface area (Å²) in [7, 11) is 0. The van der Waals surface area contributed by atoms with Crippen molar-refractivity contribution in [3.8, 4) is 5.75 Å². The van der Waals surface area contributed by atoms with E-state index in [1.165, 1.54) is 24.8 Å². The maximum Gasteiger partial charge on any atom is 0.166 e. The van der Waals surface area contributed by atoms with Gasteiger partial charge in [-0.25, -0.2) is 0 Å². The zero-order chi connectivity index (χ0) is 18.6. The Labute approximate surface area is 162 Å². The summed E-state index contributed by atoms with van der Waals surface area (Å²) in [6.07, 6.45) is 5.72. The zero-order valence-electron chi connectivity index (χ0n) is 16.1. The van der Waals surface area contributed by atoms with E-state index in [1.54, 1.807) is 0 Å². The molecule has 142 valence electrons. The average molecular weight is 364 g/mol. The van der Waals surface area contributed by atoms with Crippen molar-refractivity contribution in [2.24, 2.45) is 5.92 Å². The zero-order valence-corrected chi connectivity index (χ0v) is 16.1. The third-order valence-electron chi connectivity index (χ3n) is 6.15. The van der Waals surface area contributed by atoms with Gasteiger partial charge in [-0.3, -0.25) is 9.69 Å². The summed E-state index contributed by atoms with van der Waals surface area (Å²) in [4.78, 5) is 15.8. The first-order chi connectivity index (χ1) is 13.2. The topological polar surface area (TPSA) is 29.5 Å². The molecule has 0 aliphatic carbocycles. The van der Waals surface area contributed by atoms with Crippen molar-refractivity contribution in [3.63, 3.8) is 0 Å². The van der Waals surface area contributed by atoms with Gasteiger partial charge in [-0.2, -0.15) is 0 Å². The van der Waals surface area contributed by atoms with Gasteiger partial charge in [0.2, 0.25) is 0 Å². The van der Waals surface area contributed by atoms with Crippen LogP contribution in [0.3, 0.4) is 0 Å². The largest absolute Gasteiger partial charge is 0.494 e. The molecule has 3 nitrogen and oxygen atoms in total. The lowest BCUT2D eigenvalue weighted by Gasteiger charge is -2.48. The van der Waals surface area contributed by atoms with E-state index >= 15 is 0 Å². The quantitative estimate of drug-likeness (QED) is 0.669. The minimum atomic E-state index is 0.158. The summed E-state index contributed by atoms with van der Waals surface area (Å²) in [5.41, 5.74) is 2.21. The van der Waals surface area contributed by atoms with Crippen LogP contribution in [0.1, 0.15) is 54.9 Å². The molecule has 2 atom stereocenters. The van der Waals surface area contributed by atoms with Crippen LogP contribution < -0.4 is 4.74 Å². The molecule has 2 aliphatic heterocycles. The number of hydrogen-bond acceptors (Lipinski definition) is 3. The van der Waals surface area contributed by atoms with Crippen molar-refractivity contribution in [1.82, 2.24) is 4.90 Å². The van der Waals surface area contributed by atoms with Crippen LogP contribution in [0.2, 0.25) is 0 Å². The van der Waals surface area contributed by atoms with Crippen molar-refractivity contribution >= 4 is 5.78 Å². The third-order valence-corrected chi connectivity index (χ3v) is 6.15. The molecule has 2 saturated heterocycles. The Morgan fingerprint density at radius 2 is 1.67 bits per heavy atom. The van der Waals surface area contributed by atoms with Crippen LogP contribution in [0.25, 0.3) is 0 Å². The van der Waals surface area contributed by atoms with E-state index in [0.29, 0.717) is 24.5 Å². The van der Waals surface area contributed by atoms with Crippen molar-refractivity contribution in [1.29, 1.82) is 0 Å². The van der Waals surface area contributed by atoms with Gasteiger partial charge in [0.15, 0.2) is 5.78 Å². The predicted molar refractivity (Wildman–Crippen MR) is 108 cm³/mol. The second kappa shape index (κ2) is 8.26. The summed E-state index contributed by atoms with van der Waals surface area (Å²) in [6.45, 7) is 3.64. The standard InChI is InChI=1S/C24H29NO2/c1-2-27-23-13-11-19(12-14-23)24(26)20-15-21-9-6-10-22(16-20)25(21)17-18-7-4-3-5-8-18/h3-5,7-8,11-14,20-22H,2,6,9-10,15-17H2,1H3. The molecule has 3 heteroatoms. The van der Waals surface area contributed by atoms with Gasteiger partial charge in [-0.1, -0.05) is 36.8 Å². The van der Waals surface area contributed by atoms with Gasteiger partial charge >= 0.3 is 0 Å². The van der Waals surface area contributed by atoms with E-state index in [9.17, 15) is 4.79 Å². The van der Waals surface area contributed by atoms with Crippen LogP contribution in [0.5, 0.6) is 5.75 Å². The Kier molecular flexibility index (Phi) is 5.58. The van der Waals surface area contributed by atoms with Crippen LogP contribution in [-0.4, -0.2) is 29.4 Å². The number of hydrogen-bond donors (Lipinski definition) is 0. The van der Waals surface area contributed by atoms with Crippen LogP contribution in [0.4, 0.5) is 0 Å². The number of fused-ring (bicyclic) bond motifs is 2. The Balaban J connectivity index is 1.45. The number of nitrogens with zero attached hydrogens (tertiary/aromatic N) is 1. The molecule has 0 N–H and O–H groups in total. The Hall–Kier alpha value is -2.13. The number of ether oxygens (including phenoxy) is 1. The van der Waals surface area contributed by atoms with Crippen LogP contribution >= 0.6 is 0 Å². The fraction of sp³-hybridized carbons (Fsp3) is 0.458. The molecule has 0 saturated carbocycles. The molecule has 2 aromatic carbocycles. The molecule has 2 aliphatic rings. The monoisotopic (exact) mass is 363 g/mol. The highest BCUT2D eigenvalue weighted by molar-refractivity contribution is 5.98. The molecular formula is C24H29NO2. The third kappa shape index (κ3) is 4.08. The van der Waals surface area contributed by atoms with Crippen molar-refractivity contribution in [2.45, 2.75) is 57.7 Å². The molecule has 0 radical (unpaired) electrons. The molecule has 0 aromatic heterocycles. The predicted octanol–water partition coefficient (Wildman–Crippen LogP) is 5.10. The highest BCUT2D eigenvalue weighted by atomic mass is 16.5. The Morgan fingerprint density at radius 1 is 1.00 bits per heavy atom. The maximum atomic E-state index is 13.1. The molecule has 2 unspecified atom stereocenters. The van der Waals surface area contributed by atoms with Gasteiger partial charge in [-0.15, -0.1) is 0 Å². The lowest BCUT2D eigenvalue weighted by atomic mass is 9.75. The lowest BCUT2D eigenvalue weighted by Crippen LogP contribution is -2.52. The molecular weight excluding hydrogens is 334 g/mol. The second-order valence-electron chi connectivity index (χ2n) is 7.89. The summed E-state index contributed by atoms with van der Waals surface area (Å²) in [5, 5.41) is 0. The minimum Gasteiger partial charge on any atom is -0.494 e. The van der Waals surface area contributed by atoms with E-state index in [-0.39, 0.29) is 5.92 Å². The van der Waals surface area contributed by atoms with E-state index in [1.807, 2.05) is 31.2 Å². The summed E-state index contributed by atoms with van der Waals surface area (Å²) in [5.74, 6) is 1.31. The van der Waals surface area contributed by atoms with Crippen LogP contribution in [-0.2, 0) is 6.54 Å². The normalized spacial score (nSPS) is 25.1. The first-order valence-corrected chi connectivity index (χ1v) is 10.3. The Morgan fingerprint density at radius 3 is 2.30 bits per heavy atom. The number of piperidine rings is 2. The number of carbonyl (C=O) groups excluding carboxylic acids is 1. The fourth-order valence-electron chi connectivity index (χ4n) is 4.86. The van der Waals surface area contributed by atoms with E-state index in [0.717, 1.165) is 30.7 Å². The Bertz CT molecular complexity index is 742. The van der Waals surface area contributed by atoms with E-state index in [4.69, 9.17) is 4.74 Å². The highest BCUT2D eigenvalue weighted by Crippen LogP contribution is 2.39. The second-order valence-corrected chi connectivity index (χ2v) is 7.89. The molecule has 0 amide bonds. The number of rotatable bonds is 6. The first kappa shape index (κ1) is 18.2. The smallest absolute Gasteiger partial charge is 0.166 e. The number of Topliss-reactive ketones (excluding diaryl/α,β-unsaturated/α-hetero) is 1. The van der Waals surface area contributed by atoms with Gasteiger partial charge in [0, 0.05) is 30.1 Å². The summed E-state index contributed by atoms with van der Waals surface area (Å²) >= 11 is 0. The first-order valence-electron chi connectivity index (χ1n) is 10.3. The van der Waals surface area contributed by atoms with Crippen molar-refractivity contribution in [2.75, 3.05) is 6.61 Å². The lowest BCUT2D eigenvalue weighted by molar-refractivity contribution is 0.00906. The molecule has 0 spiro atoms. The van der Waals surface area contributed by atoms with E-state index < -0.39 is 0 Å². The number of benzene rings is 2. The summed E-state index contributed by atoms with van der Waals surface area (Å²) < 4.78 is 5.50. The van der Waals surface area contributed by atoms with Gasteiger partial charge in [0.05, 0.1) is 6.61 Å². The van der Waals surface area contributed by atoms with Gasteiger partial charge in [0.25, 0.3) is 0 Å². The van der Waals surface area contributed by atoms with Gasteiger partial charge in [-0.05, 0) is 62.4 Å². The van der Waals surface area contributed by atoms with Crippen molar-refractivity contribution in [3.05, 3.63) is 65.7 Å². The van der Waals surface area contributed by atoms with E-state index in [2.05, 4.69) is 35.2 Å². The minimum absolute atomic E-state index is 0.158. The number of carbonyl (C=O) groups is 1.